The van der Waals surface area contributed by atoms with Crippen LogP contribution in [0.5, 0.6) is 0 Å². The summed E-state index contributed by atoms with van der Waals surface area (Å²) in [6.07, 6.45) is 4.74. The second kappa shape index (κ2) is 6.13. The van der Waals surface area contributed by atoms with E-state index in [2.05, 4.69) is 15.3 Å². The fourth-order valence-electron chi connectivity index (χ4n) is 2.70. The number of benzene rings is 1. The van der Waals surface area contributed by atoms with Gasteiger partial charge in [0.25, 0.3) is 0 Å². The van der Waals surface area contributed by atoms with Gasteiger partial charge in [0, 0.05) is 30.1 Å². The average molecular weight is 299 g/mol. The summed E-state index contributed by atoms with van der Waals surface area (Å²) >= 11 is 0. The molecular weight excluding hydrogens is 281 g/mol. The topological polar surface area (TPSA) is 51.0 Å². The van der Waals surface area contributed by atoms with Crippen LogP contribution in [0.25, 0.3) is 11.0 Å². The second-order valence-corrected chi connectivity index (χ2v) is 5.23. The number of anilines is 1. The van der Waals surface area contributed by atoms with E-state index in [9.17, 15) is 4.39 Å². The summed E-state index contributed by atoms with van der Waals surface area (Å²) in [5.41, 5.74) is 2.69. The van der Waals surface area contributed by atoms with E-state index < -0.39 is 0 Å². The molecule has 114 valence electrons. The molecule has 1 N–H and O–H groups in total. The monoisotopic (exact) mass is 299 g/mol. The molecule has 2 aromatic heterocycles. The third-order valence-electron chi connectivity index (χ3n) is 3.71. The van der Waals surface area contributed by atoms with Crippen molar-refractivity contribution in [1.29, 1.82) is 0 Å². The number of hydrogen-bond acceptors (Lipinski definition) is 4. The van der Waals surface area contributed by atoms with Crippen LogP contribution in [0.15, 0.2) is 35.1 Å². The third kappa shape index (κ3) is 2.79. The van der Waals surface area contributed by atoms with Crippen LogP contribution >= 0.6 is 0 Å². The van der Waals surface area contributed by atoms with Crippen LogP contribution in [-0.2, 0) is 12.8 Å². The second-order valence-electron chi connectivity index (χ2n) is 5.23. The SMILES string of the molecule is CCc1oc2c(C)cc(F)cc2c1CCNc1ccncn1. The summed E-state index contributed by atoms with van der Waals surface area (Å²) in [5, 5.41) is 4.12. The highest BCUT2D eigenvalue weighted by molar-refractivity contribution is 5.85. The summed E-state index contributed by atoms with van der Waals surface area (Å²) in [6.45, 7) is 4.62. The smallest absolute Gasteiger partial charge is 0.137 e. The third-order valence-corrected chi connectivity index (χ3v) is 3.71. The minimum Gasteiger partial charge on any atom is -0.461 e. The molecule has 0 aliphatic heterocycles. The van der Waals surface area contributed by atoms with E-state index in [4.69, 9.17) is 4.42 Å². The van der Waals surface area contributed by atoms with E-state index >= 15 is 0 Å². The van der Waals surface area contributed by atoms with Gasteiger partial charge in [0.2, 0.25) is 0 Å². The van der Waals surface area contributed by atoms with Crippen LogP contribution in [0.2, 0.25) is 0 Å². The number of nitrogens with zero attached hydrogens (tertiary/aromatic N) is 2. The Kier molecular flexibility index (Phi) is 4.04. The predicted molar refractivity (Wildman–Crippen MR) is 84.5 cm³/mol. The fraction of sp³-hybridized carbons (Fsp3) is 0.294. The zero-order valence-electron chi connectivity index (χ0n) is 12.7. The van der Waals surface area contributed by atoms with Crippen molar-refractivity contribution in [2.75, 3.05) is 11.9 Å². The van der Waals surface area contributed by atoms with E-state index in [1.165, 1.54) is 12.4 Å². The lowest BCUT2D eigenvalue weighted by molar-refractivity contribution is 0.547. The van der Waals surface area contributed by atoms with Gasteiger partial charge in [-0.05, 0) is 37.1 Å². The minimum atomic E-state index is -0.224. The number of hydrogen-bond donors (Lipinski definition) is 1. The number of halogens is 1. The number of nitrogens with one attached hydrogen (secondary N) is 1. The summed E-state index contributed by atoms with van der Waals surface area (Å²) in [4.78, 5) is 8.01. The Balaban J connectivity index is 1.86. The van der Waals surface area contributed by atoms with Crippen molar-refractivity contribution in [3.05, 3.63) is 53.4 Å². The van der Waals surface area contributed by atoms with E-state index in [1.807, 2.05) is 19.9 Å². The fourth-order valence-corrected chi connectivity index (χ4v) is 2.70. The highest BCUT2D eigenvalue weighted by Gasteiger charge is 2.15. The van der Waals surface area contributed by atoms with Gasteiger partial charge in [0.1, 0.15) is 29.3 Å². The first kappa shape index (κ1) is 14.5. The number of aryl methyl sites for hydroxylation is 2. The molecule has 0 atom stereocenters. The molecule has 0 saturated heterocycles. The normalized spacial score (nSPS) is 11.0. The quantitative estimate of drug-likeness (QED) is 0.776. The van der Waals surface area contributed by atoms with Crippen LogP contribution in [0.4, 0.5) is 10.2 Å². The van der Waals surface area contributed by atoms with E-state index in [1.54, 1.807) is 12.3 Å². The van der Waals surface area contributed by atoms with E-state index in [0.717, 1.165) is 46.5 Å². The van der Waals surface area contributed by atoms with Gasteiger partial charge >= 0.3 is 0 Å². The Hall–Kier alpha value is -2.43. The number of fused-ring (bicyclic) bond motifs is 1. The van der Waals surface area contributed by atoms with Crippen LogP contribution in [0.3, 0.4) is 0 Å². The Morgan fingerprint density at radius 2 is 2.18 bits per heavy atom. The van der Waals surface area contributed by atoms with Crippen molar-refractivity contribution < 1.29 is 8.81 Å². The molecule has 0 aliphatic rings. The van der Waals surface area contributed by atoms with Crippen molar-refractivity contribution in [1.82, 2.24) is 9.97 Å². The molecule has 0 spiro atoms. The van der Waals surface area contributed by atoms with Gasteiger partial charge in [0.15, 0.2) is 0 Å². The van der Waals surface area contributed by atoms with Crippen molar-refractivity contribution in [3.63, 3.8) is 0 Å². The first-order valence-corrected chi connectivity index (χ1v) is 7.39. The van der Waals surface area contributed by atoms with Crippen LogP contribution in [0.1, 0.15) is 23.8 Å². The first-order valence-electron chi connectivity index (χ1n) is 7.39. The molecule has 0 aliphatic carbocycles. The van der Waals surface area contributed by atoms with Crippen LogP contribution in [-0.4, -0.2) is 16.5 Å². The first-order chi connectivity index (χ1) is 10.7. The van der Waals surface area contributed by atoms with Gasteiger partial charge in [0.05, 0.1) is 0 Å². The molecule has 2 heterocycles. The van der Waals surface area contributed by atoms with Crippen LogP contribution < -0.4 is 5.32 Å². The van der Waals surface area contributed by atoms with Crippen LogP contribution in [0, 0.1) is 12.7 Å². The lowest BCUT2D eigenvalue weighted by Gasteiger charge is -2.05. The van der Waals surface area contributed by atoms with Gasteiger partial charge in [-0.3, -0.25) is 0 Å². The highest BCUT2D eigenvalue weighted by Crippen LogP contribution is 2.30. The standard InChI is InChI=1S/C17H18FN3O/c1-3-15-13(4-7-20-16-5-6-19-10-21-16)14-9-12(18)8-11(2)17(14)22-15/h5-6,8-10H,3-4,7H2,1-2H3,(H,19,20,21). The van der Waals surface area contributed by atoms with Gasteiger partial charge in [-0.2, -0.15) is 0 Å². The van der Waals surface area contributed by atoms with Gasteiger partial charge in [-0.1, -0.05) is 6.92 Å². The summed E-state index contributed by atoms with van der Waals surface area (Å²) in [6, 6.07) is 4.89. The summed E-state index contributed by atoms with van der Waals surface area (Å²) in [5.74, 6) is 1.48. The Morgan fingerprint density at radius 3 is 2.91 bits per heavy atom. The number of furan rings is 1. The highest BCUT2D eigenvalue weighted by atomic mass is 19.1. The predicted octanol–water partition coefficient (Wildman–Crippen LogP) is 3.89. The van der Waals surface area contributed by atoms with Gasteiger partial charge < -0.3 is 9.73 Å². The molecule has 0 radical (unpaired) electrons. The van der Waals surface area contributed by atoms with Gasteiger partial charge in [-0.25, -0.2) is 14.4 Å². The maximum absolute atomic E-state index is 13.7. The molecule has 4 nitrogen and oxygen atoms in total. The van der Waals surface area contributed by atoms with Crippen molar-refractivity contribution in [2.45, 2.75) is 26.7 Å². The van der Waals surface area contributed by atoms with Crippen molar-refractivity contribution >= 4 is 16.8 Å². The number of aromatic nitrogens is 2. The number of rotatable bonds is 5. The molecule has 0 amide bonds. The molecular formula is C17H18FN3O. The molecule has 0 saturated carbocycles. The molecule has 0 bridgehead atoms. The zero-order chi connectivity index (χ0) is 15.5. The molecule has 5 heteroatoms. The Bertz CT molecular complexity index is 783. The van der Waals surface area contributed by atoms with Crippen molar-refractivity contribution in [2.24, 2.45) is 0 Å². The summed E-state index contributed by atoms with van der Waals surface area (Å²) < 4.78 is 19.6. The molecule has 1 aromatic carbocycles. The zero-order valence-corrected chi connectivity index (χ0v) is 12.7. The molecule has 22 heavy (non-hydrogen) atoms. The minimum absolute atomic E-state index is 0.224. The van der Waals surface area contributed by atoms with Gasteiger partial charge in [-0.15, -0.1) is 0 Å². The maximum atomic E-state index is 13.7. The Labute approximate surface area is 128 Å². The maximum Gasteiger partial charge on any atom is 0.137 e. The Morgan fingerprint density at radius 1 is 1.32 bits per heavy atom. The average Bonchev–Trinajstić information content (AvgIpc) is 2.87. The molecule has 3 aromatic rings. The largest absolute Gasteiger partial charge is 0.461 e. The van der Waals surface area contributed by atoms with E-state index in [-0.39, 0.29) is 5.82 Å². The van der Waals surface area contributed by atoms with Crippen molar-refractivity contribution in [3.8, 4) is 0 Å². The molecule has 0 unspecified atom stereocenters. The lowest BCUT2D eigenvalue weighted by atomic mass is 10.0. The summed E-state index contributed by atoms with van der Waals surface area (Å²) in [7, 11) is 0. The molecule has 0 fully saturated rings. The van der Waals surface area contributed by atoms with E-state index in [0.29, 0.717) is 6.54 Å². The lowest BCUT2D eigenvalue weighted by Crippen LogP contribution is -2.07. The molecule has 3 rings (SSSR count).